The second kappa shape index (κ2) is 5.65. The van der Waals surface area contributed by atoms with Gasteiger partial charge in [0.1, 0.15) is 12.4 Å². The number of hydrogen-bond donors (Lipinski definition) is 2. The molecule has 0 bridgehead atoms. The van der Waals surface area contributed by atoms with Crippen molar-refractivity contribution < 1.29 is 4.74 Å². The molecule has 0 saturated carbocycles. The van der Waals surface area contributed by atoms with Crippen molar-refractivity contribution in [2.45, 2.75) is 53.1 Å². The molecule has 0 aromatic heterocycles. The van der Waals surface area contributed by atoms with Gasteiger partial charge in [0, 0.05) is 24.2 Å². The van der Waals surface area contributed by atoms with Crippen molar-refractivity contribution in [3.05, 3.63) is 23.8 Å². The molecule has 0 atom stereocenters. The summed E-state index contributed by atoms with van der Waals surface area (Å²) in [7, 11) is 0. The number of para-hydroxylation sites is 1. The maximum atomic E-state index is 5.82. The smallest absolute Gasteiger partial charge is 0.146 e. The molecule has 0 amide bonds. The van der Waals surface area contributed by atoms with Crippen molar-refractivity contribution in [2.75, 3.05) is 18.5 Å². The molecule has 3 heteroatoms. The first-order chi connectivity index (χ1) is 9.27. The minimum Gasteiger partial charge on any atom is -0.489 e. The molecule has 0 saturated heterocycles. The predicted molar refractivity (Wildman–Crippen MR) is 85.4 cm³/mol. The van der Waals surface area contributed by atoms with Crippen LogP contribution >= 0.6 is 0 Å². The second-order valence-electron chi connectivity index (χ2n) is 7.54. The molecule has 1 aliphatic heterocycles. The zero-order valence-corrected chi connectivity index (χ0v) is 13.5. The fraction of sp³-hybridized carbons (Fsp3) is 0.647. The molecule has 0 unspecified atom stereocenters. The van der Waals surface area contributed by atoms with Gasteiger partial charge in [-0.15, -0.1) is 0 Å². The van der Waals surface area contributed by atoms with Crippen LogP contribution < -0.4 is 15.4 Å². The van der Waals surface area contributed by atoms with Crippen LogP contribution in [0.4, 0.5) is 5.69 Å². The zero-order valence-electron chi connectivity index (χ0n) is 13.5. The number of anilines is 1. The Hall–Kier alpha value is -1.22. The van der Waals surface area contributed by atoms with E-state index in [0.717, 1.165) is 37.6 Å². The summed E-state index contributed by atoms with van der Waals surface area (Å²) in [5.74, 6) is 1.01. The molecule has 0 radical (unpaired) electrons. The van der Waals surface area contributed by atoms with Gasteiger partial charge in [0.25, 0.3) is 0 Å². The number of ether oxygens (including phenoxy) is 1. The van der Waals surface area contributed by atoms with Crippen molar-refractivity contribution in [3.63, 3.8) is 0 Å². The Morgan fingerprint density at radius 1 is 1.20 bits per heavy atom. The van der Waals surface area contributed by atoms with Gasteiger partial charge in [0.2, 0.25) is 0 Å². The summed E-state index contributed by atoms with van der Waals surface area (Å²) in [5, 5.41) is 7.06. The number of hydrogen-bond acceptors (Lipinski definition) is 3. The Morgan fingerprint density at radius 3 is 2.65 bits per heavy atom. The van der Waals surface area contributed by atoms with Crippen LogP contribution in [0.15, 0.2) is 18.2 Å². The third kappa shape index (κ3) is 4.14. The van der Waals surface area contributed by atoms with Crippen LogP contribution in [-0.2, 0) is 6.54 Å². The summed E-state index contributed by atoms with van der Waals surface area (Å²) < 4.78 is 5.82. The normalized spacial score (nSPS) is 15.2. The van der Waals surface area contributed by atoms with Crippen LogP contribution in [-0.4, -0.2) is 18.7 Å². The minimum absolute atomic E-state index is 0.114. The van der Waals surface area contributed by atoms with Gasteiger partial charge in [0.15, 0.2) is 0 Å². The summed E-state index contributed by atoms with van der Waals surface area (Å²) in [6.45, 7) is 13.9. The Morgan fingerprint density at radius 2 is 1.95 bits per heavy atom. The van der Waals surface area contributed by atoms with Crippen LogP contribution in [0.5, 0.6) is 5.75 Å². The van der Waals surface area contributed by atoms with E-state index in [0.29, 0.717) is 5.41 Å². The van der Waals surface area contributed by atoms with Crippen molar-refractivity contribution in [3.8, 4) is 5.75 Å². The van der Waals surface area contributed by atoms with Crippen molar-refractivity contribution in [2.24, 2.45) is 5.41 Å². The highest BCUT2D eigenvalue weighted by molar-refractivity contribution is 5.61. The van der Waals surface area contributed by atoms with Crippen molar-refractivity contribution >= 4 is 5.69 Å². The molecular formula is C17H28N2O. The van der Waals surface area contributed by atoms with E-state index in [-0.39, 0.29) is 5.54 Å². The topological polar surface area (TPSA) is 33.3 Å². The Labute approximate surface area is 123 Å². The van der Waals surface area contributed by atoms with E-state index in [9.17, 15) is 0 Å². The largest absolute Gasteiger partial charge is 0.489 e. The van der Waals surface area contributed by atoms with Crippen LogP contribution in [0.2, 0.25) is 0 Å². The summed E-state index contributed by atoms with van der Waals surface area (Å²) in [5.41, 5.74) is 2.79. The molecule has 0 spiro atoms. The number of benzene rings is 1. The fourth-order valence-electron chi connectivity index (χ4n) is 3.10. The average Bonchev–Trinajstić information content (AvgIpc) is 2.33. The first kappa shape index (κ1) is 15.2. The summed E-state index contributed by atoms with van der Waals surface area (Å²) in [6.07, 6.45) is 1.13. The van der Waals surface area contributed by atoms with Gasteiger partial charge in [0.05, 0.1) is 5.69 Å². The maximum Gasteiger partial charge on any atom is 0.146 e. The Balaban J connectivity index is 2.04. The molecule has 1 aromatic rings. The quantitative estimate of drug-likeness (QED) is 0.877. The van der Waals surface area contributed by atoms with Crippen LogP contribution in [0.3, 0.4) is 0 Å². The molecule has 1 heterocycles. The van der Waals surface area contributed by atoms with Crippen molar-refractivity contribution in [1.82, 2.24) is 5.32 Å². The lowest BCUT2D eigenvalue weighted by Gasteiger charge is -2.34. The minimum atomic E-state index is 0.114. The monoisotopic (exact) mass is 276 g/mol. The molecule has 2 rings (SSSR count). The lowest BCUT2D eigenvalue weighted by Crippen LogP contribution is -2.42. The van der Waals surface area contributed by atoms with Gasteiger partial charge in [-0.3, -0.25) is 0 Å². The number of nitrogens with one attached hydrogen (secondary N) is 2. The third-order valence-electron chi connectivity index (χ3n) is 3.49. The summed E-state index contributed by atoms with van der Waals surface area (Å²) in [4.78, 5) is 0. The fourth-order valence-corrected chi connectivity index (χ4v) is 3.10. The van der Waals surface area contributed by atoms with E-state index in [1.54, 1.807) is 0 Å². The molecular weight excluding hydrogens is 248 g/mol. The molecule has 2 N–H and O–H groups in total. The molecule has 0 aliphatic carbocycles. The number of fused-ring (bicyclic) bond motifs is 1. The van der Waals surface area contributed by atoms with E-state index in [4.69, 9.17) is 4.74 Å². The summed E-state index contributed by atoms with van der Waals surface area (Å²) >= 11 is 0. The average molecular weight is 276 g/mol. The molecule has 1 aliphatic rings. The SMILES string of the molecule is CC(C)(C)CC(C)(C)NCc1cccc2c1OCCN2. The van der Waals surface area contributed by atoms with Gasteiger partial charge in [-0.2, -0.15) is 0 Å². The maximum absolute atomic E-state index is 5.82. The Kier molecular flexibility index (Phi) is 4.28. The summed E-state index contributed by atoms with van der Waals surface area (Å²) in [6, 6.07) is 6.32. The van der Waals surface area contributed by atoms with E-state index >= 15 is 0 Å². The lowest BCUT2D eigenvalue weighted by atomic mass is 9.81. The number of rotatable bonds is 4. The highest BCUT2D eigenvalue weighted by Crippen LogP contribution is 2.32. The molecule has 0 fully saturated rings. The van der Waals surface area contributed by atoms with Gasteiger partial charge >= 0.3 is 0 Å². The van der Waals surface area contributed by atoms with E-state index in [2.05, 4.69) is 63.5 Å². The lowest BCUT2D eigenvalue weighted by molar-refractivity contribution is 0.239. The first-order valence-corrected chi connectivity index (χ1v) is 7.50. The molecule has 3 nitrogen and oxygen atoms in total. The molecule has 20 heavy (non-hydrogen) atoms. The van der Waals surface area contributed by atoms with Crippen LogP contribution in [0.25, 0.3) is 0 Å². The Bertz CT molecular complexity index is 461. The van der Waals surface area contributed by atoms with Gasteiger partial charge < -0.3 is 15.4 Å². The van der Waals surface area contributed by atoms with Gasteiger partial charge in [-0.25, -0.2) is 0 Å². The van der Waals surface area contributed by atoms with E-state index < -0.39 is 0 Å². The van der Waals surface area contributed by atoms with Crippen LogP contribution in [0, 0.1) is 5.41 Å². The highest BCUT2D eigenvalue weighted by Gasteiger charge is 2.25. The predicted octanol–water partition coefficient (Wildman–Crippen LogP) is 3.80. The highest BCUT2D eigenvalue weighted by atomic mass is 16.5. The molecule has 1 aromatic carbocycles. The molecule has 112 valence electrons. The van der Waals surface area contributed by atoms with Crippen molar-refractivity contribution in [1.29, 1.82) is 0 Å². The second-order valence-corrected chi connectivity index (χ2v) is 7.54. The van der Waals surface area contributed by atoms with Crippen LogP contribution in [0.1, 0.15) is 46.6 Å². The third-order valence-corrected chi connectivity index (χ3v) is 3.49. The van der Waals surface area contributed by atoms with E-state index in [1.165, 1.54) is 5.56 Å². The standard InChI is InChI=1S/C17H28N2O/c1-16(2,3)12-17(4,5)19-11-13-7-6-8-14-15(13)20-10-9-18-14/h6-8,18-19H,9-12H2,1-5H3. The van der Waals surface area contributed by atoms with E-state index in [1.807, 2.05) is 0 Å². The van der Waals surface area contributed by atoms with Gasteiger partial charge in [-0.05, 0) is 31.7 Å². The van der Waals surface area contributed by atoms with Gasteiger partial charge in [-0.1, -0.05) is 32.9 Å². The first-order valence-electron chi connectivity index (χ1n) is 7.50. The zero-order chi connectivity index (χ0) is 14.8.